The molecule has 7 heteroatoms. The van der Waals surface area contributed by atoms with Gasteiger partial charge in [0.05, 0.1) is 5.56 Å². The molecule has 1 aromatic heterocycles. The fraction of sp³-hybridized carbons (Fsp3) is 0.143. The average Bonchev–Trinajstić information content (AvgIpc) is 3.18. The number of amides is 1. The molecular formula is C21H20FN3O2S. The van der Waals surface area contributed by atoms with Gasteiger partial charge < -0.3 is 9.73 Å². The Kier molecular flexibility index (Phi) is 6.06. The fourth-order valence-electron chi connectivity index (χ4n) is 2.79. The van der Waals surface area contributed by atoms with Crippen LogP contribution in [0.3, 0.4) is 0 Å². The molecule has 3 rings (SSSR count). The highest BCUT2D eigenvalue weighted by Crippen LogP contribution is 2.24. The summed E-state index contributed by atoms with van der Waals surface area (Å²) in [4.78, 5) is 12.3. The molecule has 0 aliphatic heterocycles. The summed E-state index contributed by atoms with van der Waals surface area (Å²) in [6.45, 7) is 4.04. The number of furan rings is 1. The van der Waals surface area contributed by atoms with Crippen LogP contribution in [0.1, 0.15) is 28.6 Å². The molecule has 144 valence electrons. The Morgan fingerprint density at radius 2 is 1.86 bits per heavy atom. The quantitative estimate of drug-likeness (QED) is 0.444. The molecule has 3 N–H and O–H groups in total. The van der Waals surface area contributed by atoms with E-state index in [2.05, 4.69) is 23.1 Å². The van der Waals surface area contributed by atoms with Crippen LogP contribution in [0.5, 0.6) is 0 Å². The number of carbonyl (C=O) groups excluding carboxylic acids is 1. The zero-order chi connectivity index (χ0) is 20.1. The number of rotatable bonds is 4. The summed E-state index contributed by atoms with van der Waals surface area (Å²) >= 11 is 5.25. The molecule has 0 saturated heterocycles. The number of para-hydroxylation sites is 1. The molecule has 28 heavy (non-hydrogen) atoms. The molecule has 0 unspecified atom stereocenters. The monoisotopic (exact) mass is 397 g/mol. The summed E-state index contributed by atoms with van der Waals surface area (Å²) in [7, 11) is 0. The summed E-state index contributed by atoms with van der Waals surface area (Å²) in [5.74, 6) is -0.625. The van der Waals surface area contributed by atoms with E-state index in [1.165, 1.54) is 12.1 Å². The van der Waals surface area contributed by atoms with Crippen LogP contribution in [-0.4, -0.2) is 11.0 Å². The Balaban J connectivity index is 1.62. The van der Waals surface area contributed by atoms with Gasteiger partial charge in [-0.1, -0.05) is 37.3 Å². The van der Waals surface area contributed by atoms with Crippen molar-refractivity contribution in [2.75, 3.05) is 5.32 Å². The van der Waals surface area contributed by atoms with E-state index >= 15 is 0 Å². The van der Waals surface area contributed by atoms with Crippen LogP contribution in [-0.2, 0) is 6.42 Å². The maximum absolute atomic E-state index is 13.8. The van der Waals surface area contributed by atoms with E-state index < -0.39 is 11.7 Å². The minimum atomic E-state index is -0.521. The minimum absolute atomic E-state index is 0.0405. The van der Waals surface area contributed by atoms with Gasteiger partial charge in [-0.3, -0.25) is 15.6 Å². The Hall–Kier alpha value is -3.19. The predicted molar refractivity (Wildman–Crippen MR) is 111 cm³/mol. The molecule has 2 aromatic carbocycles. The fourth-order valence-corrected chi connectivity index (χ4v) is 2.94. The molecule has 1 heterocycles. The van der Waals surface area contributed by atoms with Gasteiger partial charge in [0.25, 0.3) is 0 Å². The lowest BCUT2D eigenvalue weighted by Crippen LogP contribution is -2.43. The summed E-state index contributed by atoms with van der Waals surface area (Å²) < 4.78 is 19.3. The second-order valence-corrected chi connectivity index (χ2v) is 6.55. The van der Waals surface area contributed by atoms with E-state index in [4.69, 9.17) is 16.6 Å². The first-order chi connectivity index (χ1) is 13.5. The van der Waals surface area contributed by atoms with Crippen LogP contribution in [0.4, 0.5) is 10.1 Å². The van der Waals surface area contributed by atoms with Crippen molar-refractivity contribution in [2.24, 2.45) is 0 Å². The summed E-state index contributed by atoms with van der Waals surface area (Å²) in [5.41, 5.74) is 8.51. The predicted octanol–water partition coefficient (Wildman–Crippen LogP) is 4.59. The zero-order valence-corrected chi connectivity index (χ0v) is 16.3. The molecule has 0 atom stereocenters. The van der Waals surface area contributed by atoms with E-state index in [9.17, 15) is 9.18 Å². The van der Waals surface area contributed by atoms with Crippen molar-refractivity contribution in [1.29, 1.82) is 0 Å². The number of benzene rings is 2. The van der Waals surface area contributed by atoms with Crippen molar-refractivity contribution in [3.05, 3.63) is 77.3 Å². The number of hydrazine groups is 1. The van der Waals surface area contributed by atoms with Gasteiger partial charge in [0.2, 0.25) is 0 Å². The summed E-state index contributed by atoms with van der Waals surface area (Å²) in [6, 6.07) is 15.2. The lowest BCUT2D eigenvalue weighted by Gasteiger charge is -2.15. The molecule has 0 aliphatic carbocycles. The van der Waals surface area contributed by atoms with Gasteiger partial charge in [0.15, 0.2) is 10.9 Å². The Morgan fingerprint density at radius 1 is 1.07 bits per heavy atom. The van der Waals surface area contributed by atoms with Crippen molar-refractivity contribution >= 4 is 28.9 Å². The third-order valence-corrected chi connectivity index (χ3v) is 4.44. The number of carbonyl (C=O) groups is 1. The first-order valence-electron chi connectivity index (χ1n) is 8.80. The van der Waals surface area contributed by atoms with E-state index in [0.717, 1.165) is 23.2 Å². The normalized spacial score (nSPS) is 10.4. The second kappa shape index (κ2) is 8.67. The molecule has 0 fully saturated rings. The molecule has 0 aliphatic rings. The van der Waals surface area contributed by atoms with Crippen LogP contribution in [0.15, 0.2) is 59.0 Å². The summed E-state index contributed by atoms with van der Waals surface area (Å²) in [6.07, 6.45) is 0.851. The number of thiocarbonyl (C=S) groups is 1. The van der Waals surface area contributed by atoms with Crippen LogP contribution in [0.2, 0.25) is 0 Å². The number of anilines is 1. The lowest BCUT2D eigenvalue weighted by atomic mass is 10.1. The number of halogens is 1. The zero-order valence-electron chi connectivity index (χ0n) is 15.5. The number of aryl methyl sites for hydroxylation is 2. The Labute approximate surface area is 167 Å². The molecule has 0 radical (unpaired) electrons. The smallest absolute Gasteiger partial charge is 0.305 e. The van der Waals surface area contributed by atoms with Gasteiger partial charge in [-0.05, 0) is 61.0 Å². The third kappa shape index (κ3) is 4.37. The Bertz CT molecular complexity index is 1020. The number of hydrogen-bond acceptors (Lipinski definition) is 3. The van der Waals surface area contributed by atoms with Crippen LogP contribution in [0, 0.1) is 12.7 Å². The third-order valence-electron chi connectivity index (χ3n) is 4.24. The van der Waals surface area contributed by atoms with Crippen LogP contribution >= 0.6 is 12.2 Å². The standard InChI is InChI=1S/C21H20FN3O2S/c1-3-14-8-6-7-13(2)19(14)23-21(28)25-24-20(26)18-12-11-17(27-18)15-9-4-5-10-16(15)22/h4-12H,3H2,1-2H3,(H,24,26)(H2,23,25,28). The molecule has 1 amide bonds. The van der Waals surface area contributed by atoms with Crippen molar-refractivity contribution in [3.63, 3.8) is 0 Å². The van der Waals surface area contributed by atoms with E-state index in [1.54, 1.807) is 24.3 Å². The van der Waals surface area contributed by atoms with Crippen LogP contribution < -0.4 is 16.2 Å². The Morgan fingerprint density at radius 3 is 2.61 bits per heavy atom. The van der Waals surface area contributed by atoms with Gasteiger partial charge in [0.1, 0.15) is 11.6 Å². The van der Waals surface area contributed by atoms with E-state index in [0.29, 0.717) is 5.56 Å². The second-order valence-electron chi connectivity index (χ2n) is 6.14. The highest BCUT2D eigenvalue weighted by atomic mass is 32.1. The first kappa shape index (κ1) is 19.6. The highest BCUT2D eigenvalue weighted by Gasteiger charge is 2.15. The molecule has 0 spiro atoms. The number of hydrogen-bond donors (Lipinski definition) is 3. The van der Waals surface area contributed by atoms with Crippen molar-refractivity contribution in [1.82, 2.24) is 10.9 Å². The number of nitrogens with one attached hydrogen (secondary N) is 3. The molecule has 0 bridgehead atoms. The maximum Gasteiger partial charge on any atom is 0.305 e. The summed E-state index contributed by atoms with van der Waals surface area (Å²) in [5, 5.41) is 3.35. The van der Waals surface area contributed by atoms with Crippen molar-refractivity contribution in [3.8, 4) is 11.3 Å². The van der Waals surface area contributed by atoms with Gasteiger partial charge in [0, 0.05) is 5.69 Å². The van der Waals surface area contributed by atoms with Crippen molar-refractivity contribution in [2.45, 2.75) is 20.3 Å². The van der Waals surface area contributed by atoms with E-state index in [1.807, 2.05) is 25.1 Å². The minimum Gasteiger partial charge on any atom is -0.451 e. The van der Waals surface area contributed by atoms with Gasteiger partial charge in [-0.25, -0.2) is 4.39 Å². The SMILES string of the molecule is CCc1cccc(C)c1NC(=S)NNC(=O)c1ccc(-c2ccccc2F)o1. The van der Waals surface area contributed by atoms with Gasteiger partial charge in [-0.15, -0.1) is 0 Å². The first-order valence-corrected chi connectivity index (χ1v) is 9.21. The van der Waals surface area contributed by atoms with Crippen molar-refractivity contribution < 1.29 is 13.6 Å². The van der Waals surface area contributed by atoms with Gasteiger partial charge >= 0.3 is 5.91 Å². The average molecular weight is 397 g/mol. The molecule has 5 nitrogen and oxygen atoms in total. The molecule has 0 saturated carbocycles. The largest absolute Gasteiger partial charge is 0.451 e. The molecular weight excluding hydrogens is 377 g/mol. The maximum atomic E-state index is 13.8. The topological polar surface area (TPSA) is 66.3 Å². The molecule has 3 aromatic rings. The van der Waals surface area contributed by atoms with E-state index in [-0.39, 0.29) is 16.6 Å². The van der Waals surface area contributed by atoms with Gasteiger partial charge in [-0.2, -0.15) is 0 Å². The lowest BCUT2D eigenvalue weighted by molar-refractivity contribution is 0.0917. The highest BCUT2D eigenvalue weighted by molar-refractivity contribution is 7.80. The van der Waals surface area contributed by atoms with Crippen LogP contribution in [0.25, 0.3) is 11.3 Å².